The molecule has 0 aliphatic carbocycles. The van der Waals surface area contributed by atoms with Crippen LogP contribution >= 0.6 is 0 Å². The second-order valence-corrected chi connectivity index (χ2v) is 4.54. The van der Waals surface area contributed by atoms with Gasteiger partial charge in [0, 0.05) is 32.2 Å². The van der Waals surface area contributed by atoms with Crippen molar-refractivity contribution in [3.8, 4) is 5.88 Å². The molecule has 0 saturated carbocycles. The van der Waals surface area contributed by atoms with E-state index in [-0.39, 0.29) is 23.9 Å². The van der Waals surface area contributed by atoms with Crippen LogP contribution in [0.4, 0.5) is 0 Å². The number of ether oxygens (including phenoxy) is 1. The van der Waals surface area contributed by atoms with Crippen LogP contribution in [0.25, 0.3) is 0 Å². The number of rotatable bonds is 6. The fraction of sp³-hybridized carbons (Fsp3) is 0.286. The molecule has 0 atom stereocenters. The van der Waals surface area contributed by atoms with Crippen molar-refractivity contribution in [2.45, 2.75) is 6.54 Å². The molecule has 2 aromatic heterocycles. The van der Waals surface area contributed by atoms with Crippen molar-refractivity contribution in [2.24, 2.45) is 7.05 Å². The second-order valence-electron chi connectivity index (χ2n) is 4.54. The van der Waals surface area contributed by atoms with E-state index >= 15 is 0 Å². The summed E-state index contributed by atoms with van der Waals surface area (Å²) < 4.78 is 6.47. The molecule has 0 unspecified atom stereocenters. The number of nitrogens with zero attached hydrogens (tertiary/aromatic N) is 3. The second kappa shape index (κ2) is 7.21. The maximum atomic E-state index is 12.0. The van der Waals surface area contributed by atoms with Gasteiger partial charge in [0.25, 0.3) is 5.91 Å². The predicted molar refractivity (Wildman–Crippen MR) is 78.2 cm³/mol. The van der Waals surface area contributed by atoms with Crippen molar-refractivity contribution in [3.05, 3.63) is 41.9 Å². The summed E-state index contributed by atoms with van der Waals surface area (Å²) in [4.78, 5) is 27.6. The quantitative estimate of drug-likeness (QED) is 0.774. The summed E-state index contributed by atoms with van der Waals surface area (Å²) in [5, 5.41) is 9.21. The van der Waals surface area contributed by atoms with Crippen LogP contribution in [0.15, 0.2) is 30.7 Å². The molecule has 8 nitrogen and oxygen atoms in total. The molecule has 0 aliphatic rings. The van der Waals surface area contributed by atoms with E-state index < -0.39 is 5.91 Å². The lowest BCUT2D eigenvalue weighted by molar-refractivity contribution is -0.120. The third-order valence-corrected chi connectivity index (χ3v) is 2.88. The Kier molecular flexibility index (Phi) is 5.07. The van der Waals surface area contributed by atoms with E-state index in [0.717, 1.165) is 5.56 Å². The predicted octanol–water partition coefficient (Wildman–Crippen LogP) is -0.130. The Balaban J connectivity index is 1.81. The number of aryl methyl sites for hydroxylation is 1. The van der Waals surface area contributed by atoms with Crippen molar-refractivity contribution in [2.75, 3.05) is 13.7 Å². The Morgan fingerprint density at radius 3 is 2.68 bits per heavy atom. The highest BCUT2D eigenvalue weighted by Gasteiger charge is 2.16. The van der Waals surface area contributed by atoms with Gasteiger partial charge in [-0.1, -0.05) is 0 Å². The number of nitrogens with one attached hydrogen (secondary N) is 2. The van der Waals surface area contributed by atoms with E-state index in [1.54, 1.807) is 31.6 Å². The molecular weight excluding hydrogens is 286 g/mol. The van der Waals surface area contributed by atoms with Crippen LogP contribution in [0.3, 0.4) is 0 Å². The summed E-state index contributed by atoms with van der Waals surface area (Å²) in [5.74, 6) is -0.478. The van der Waals surface area contributed by atoms with Crippen molar-refractivity contribution in [1.29, 1.82) is 0 Å². The zero-order valence-corrected chi connectivity index (χ0v) is 12.4. The van der Waals surface area contributed by atoms with Gasteiger partial charge in [0.1, 0.15) is 5.56 Å². The monoisotopic (exact) mass is 303 g/mol. The minimum absolute atomic E-state index is 0.123. The Morgan fingerprint density at radius 1 is 1.27 bits per heavy atom. The van der Waals surface area contributed by atoms with Gasteiger partial charge in [0.2, 0.25) is 11.8 Å². The summed E-state index contributed by atoms with van der Waals surface area (Å²) in [6, 6.07) is 3.61. The molecule has 0 aromatic carbocycles. The maximum absolute atomic E-state index is 12.0. The number of hydrogen-bond donors (Lipinski definition) is 2. The van der Waals surface area contributed by atoms with Crippen molar-refractivity contribution < 1.29 is 14.3 Å². The first kappa shape index (κ1) is 15.5. The molecule has 0 radical (unpaired) electrons. The third kappa shape index (κ3) is 4.05. The molecule has 0 fully saturated rings. The Hall–Kier alpha value is -2.90. The van der Waals surface area contributed by atoms with Crippen molar-refractivity contribution in [3.63, 3.8) is 0 Å². The highest BCUT2D eigenvalue weighted by molar-refractivity contribution is 5.98. The SMILES string of the molecule is COc1nn(C)cc1C(=O)NCC(=O)NCc1ccncc1. The molecule has 8 heteroatoms. The lowest BCUT2D eigenvalue weighted by Gasteiger charge is -2.06. The van der Waals surface area contributed by atoms with Gasteiger partial charge in [-0.2, -0.15) is 0 Å². The van der Waals surface area contributed by atoms with Gasteiger partial charge in [-0.05, 0) is 17.7 Å². The normalized spacial score (nSPS) is 10.1. The third-order valence-electron chi connectivity index (χ3n) is 2.88. The Bertz CT molecular complexity index is 654. The van der Waals surface area contributed by atoms with Gasteiger partial charge in [-0.25, -0.2) is 0 Å². The number of pyridine rings is 1. The largest absolute Gasteiger partial charge is 0.479 e. The highest BCUT2D eigenvalue weighted by atomic mass is 16.5. The molecule has 2 N–H and O–H groups in total. The molecule has 0 saturated heterocycles. The van der Waals surface area contributed by atoms with Crippen LogP contribution < -0.4 is 15.4 Å². The van der Waals surface area contributed by atoms with Gasteiger partial charge >= 0.3 is 0 Å². The Morgan fingerprint density at radius 2 is 2.00 bits per heavy atom. The van der Waals surface area contributed by atoms with Crippen molar-refractivity contribution >= 4 is 11.8 Å². The highest BCUT2D eigenvalue weighted by Crippen LogP contribution is 2.13. The molecule has 2 aromatic rings. The number of hydrogen-bond acceptors (Lipinski definition) is 5. The van der Waals surface area contributed by atoms with Crippen LogP contribution in [-0.2, 0) is 18.4 Å². The van der Waals surface area contributed by atoms with E-state index in [0.29, 0.717) is 6.54 Å². The van der Waals surface area contributed by atoms with E-state index in [9.17, 15) is 9.59 Å². The van der Waals surface area contributed by atoms with E-state index in [2.05, 4.69) is 20.7 Å². The number of aromatic nitrogens is 3. The number of carbonyl (C=O) groups is 2. The zero-order chi connectivity index (χ0) is 15.9. The van der Waals surface area contributed by atoms with Crippen LogP contribution in [-0.4, -0.2) is 40.2 Å². The Labute approximate surface area is 127 Å². The van der Waals surface area contributed by atoms with Crippen LogP contribution in [0, 0.1) is 0 Å². The first-order valence-corrected chi connectivity index (χ1v) is 6.61. The topological polar surface area (TPSA) is 98.1 Å². The van der Waals surface area contributed by atoms with Gasteiger partial charge in [0.05, 0.1) is 13.7 Å². The van der Waals surface area contributed by atoms with Gasteiger partial charge in [-0.15, -0.1) is 5.10 Å². The lowest BCUT2D eigenvalue weighted by atomic mass is 10.3. The molecule has 0 bridgehead atoms. The summed E-state index contributed by atoms with van der Waals surface area (Å²) in [7, 11) is 3.11. The minimum atomic E-state index is -0.413. The van der Waals surface area contributed by atoms with Crippen LogP contribution in [0.5, 0.6) is 5.88 Å². The molecular formula is C14H17N5O3. The minimum Gasteiger partial charge on any atom is -0.479 e. The van der Waals surface area contributed by atoms with Crippen LogP contribution in [0.1, 0.15) is 15.9 Å². The standard InChI is InChI=1S/C14H17N5O3/c1-19-9-11(14(18-19)22-2)13(21)17-8-12(20)16-7-10-3-5-15-6-4-10/h3-6,9H,7-8H2,1-2H3,(H,16,20)(H,17,21). The summed E-state index contributed by atoms with van der Waals surface area (Å²) in [6.45, 7) is 0.259. The lowest BCUT2D eigenvalue weighted by Crippen LogP contribution is -2.36. The fourth-order valence-corrected chi connectivity index (χ4v) is 1.79. The number of carbonyl (C=O) groups excluding carboxylic acids is 2. The van der Waals surface area contributed by atoms with E-state index in [1.807, 2.05) is 0 Å². The molecule has 22 heavy (non-hydrogen) atoms. The molecule has 2 rings (SSSR count). The number of amides is 2. The summed E-state index contributed by atoms with van der Waals surface area (Å²) in [5.41, 5.74) is 1.22. The summed E-state index contributed by atoms with van der Waals surface area (Å²) in [6.07, 6.45) is 4.83. The summed E-state index contributed by atoms with van der Waals surface area (Å²) >= 11 is 0. The van der Waals surface area contributed by atoms with Gasteiger partial charge in [-0.3, -0.25) is 19.3 Å². The fourth-order valence-electron chi connectivity index (χ4n) is 1.79. The molecule has 2 heterocycles. The molecule has 2 amide bonds. The molecule has 0 aliphatic heterocycles. The first-order valence-electron chi connectivity index (χ1n) is 6.61. The smallest absolute Gasteiger partial charge is 0.258 e. The van der Waals surface area contributed by atoms with Gasteiger partial charge in [0.15, 0.2) is 0 Å². The van der Waals surface area contributed by atoms with Gasteiger partial charge < -0.3 is 15.4 Å². The maximum Gasteiger partial charge on any atom is 0.258 e. The first-order chi connectivity index (χ1) is 10.6. The average Bonchev–Trinajstić information content (AvgIpc) is 2.92. The van der Waals surface area contributed by atoms with E-state index in [4.69, 9.17) is 4.74 Å². The average molecular weight is 303 g/mol. The number of methoxy groups -OCH3 is 1. The molecule has 116 valence electrons. The van der Waals surface area contributed by atoms with Crippen LogP contribution in [0.2, 0.25) is 0 Å². The van der Waals surface area contributed by atoms with Crippen molar-refractivity contribution in [1.82, 2.24) is 25.4 Å². The molecule has 0 spiro atoms. The van der Waals surface area contributed by atoms with E-state index in [1.165, 1.54) is 18.0 Å². The zero-order valence-electron chi connectivity index (χ0n) is 12.4.